The van der Waals surface area contributed by atoms with Gasteiger partial charge in [-0.25, -0.2) is 0 Å². The first kappa shape index (κ1) is 13.2. The Labute approximate surface area is 99.1 Å². The molecule has 3 heteroatoms. The third-order valence-corrected chi connectivity index (χ3v) is 3.32. The van der Waals surface area contributed by atoms with E-state index in [1.165, 1.54) is 0 Å². The normalized spacial score (nSPS) is 21.8. The third kappa shape index (κ3) is 3.34. The van der Waals surface area contributed by atoms with Gasteiger partial charge in [0.25, 0.3) is 0 Å². The smallest absolute Gasteiger partial charge is 0.226 e. The zero-order valence-electron chi connectivity index (χ0n) is 10.6. The molecule has 0 bridgehead atoms. The fourth-order valence-corrected chi connectivity index (χ4v) is 2.40. The van der Waals surface area contributed by atoms with Gasteiger partial charge < -0.3 is 4.90 Å². The predicted octanol–water partition coefficient (Wildman–Crippen LogP) is 1.75. The minimum absolute atomic E-state index is 0.202. The molecule has 1 unspecified atom stereocenters. The van der Waals surface area contributed by atoms with E-state index in [-0.39, 0.29) is 5.92 Å². The molecule has 92 valence electrons. The Hall–Kier alpha value is -0.830. The molecule has 1 aliphatic heterocycles. The molecule has 0 aromatic heterocycles. The average molecular weight is 224 g/mol. The standard InChI is InChI=1S/C13H24N2O/c1-4-9-14-10-7-8-12(11-14)13(16)15(5-2)6-3/h4,12H,1,5-11H2,2-3H3. The van der Waals surface area contributed by atoms with Crippen molar-refractivity contribution >= 4 is 5.91 Å². The van der Waals surface area contributed by atoms with E-state index in [1.54, 1.807) is 0 Å². The molecule has 0 radical (unpaired) electrons. The Morgan fingerprint density at radius 2 is 2.19 bits per heavy atom. The van der Waals surface area contributed by atoms with Crippen LogP contribution in [-0.4, -0.2) is 48.4 Å². The van der Waals surface area contributed by atoms with Gasteiger partial charge in [0.2, 0.25) is 5.91 Å². The van der Waals surface area contributed by atoms with Crippen LogP contribution in [-0.2, 0) is 4.79 Å². The molecule has 1 rings (SSSR count). The zero-order valence-corrected chi connectivity index (χ0v) is 10.6. The van der Waals surface area contributed by atoms with Gasteiger partial charge >= 0.3 is 0 Å². The minimum atomic E-state index is 0.202. The Morgan fingerprint density at radius 1 is 1.50 bits per heavy atom. The lowest BCUT2D eigenvalue weighted by molar-refractivity contribution is -0.136. The van der Waals surface area contributed by atoms with E-state index >= 15 is 0 Å². The van der Waals surface area contributed by atoms with Crippen molar-refractivity contribution in [3.8, 4) is 0 Å². The van der Waals surface area contributed by atoms with Crippen molar-refractivity contribution in [3.63, 3.8) is 0 Å². The number of hydrogen-bond donors (Lipinski definition) is 0. The van der Waals surface area contributed by atoms with Crippen LogP contribution < -0.4 is 0 Å². The lowest BCUT2D eigenvalue weighted by Gasteiger charge is -2.33. The van der Waals surface area contributed by atoms with Crippen LogP contribution in [0.4, 0.5) is 0 Å². The second-order valence-corrected chi connectivity index (χ2v) is 4.40. The van der Waals surface area contributed by atoms with Crippen LogP contribution in [0.15, 0.2) is 12.7 Å². The number of carbonyl (C=O) groups is 1. The van der Waals surface area contributed by atoms with Gasteiger partial charge in [0, 0.05) is 26.2 Å². The molecule has 1 amide bonds. The van der Waals surface area contributed by atoms with E-state index in [9.17, 15) is 4.79 Å². The van der Waals surface area contributed by atoms with Crippen molar-refractivity contribution in [1.29, 1.82) is 0 Å². The van der Waals surface area contributed by atoms with Crippen LogP contribution in [0.3, 0.4) is 0 Å². The molecular formula is C13H24N2O. The maximum Gasteiger partial charge on any atom is 0.226 e. The Kier molecular flexibility index (Phi) is 5.53. The summed E-state index contributed by atoms with van der Waals surface area (Å²) in [4.78, 5) is 16.5. The summed E-state index contributed by atoms with van der Waals surface area (Å²) in [5.41, 5.74) is 0. The largest absolute Gasteiger partial charge is 0.343 e. The number of likely N-dealkylation sites (tertiary alicyclic amines) is 1. The monoisotopic (exact) mass is 224 g/mol. The molecule has 0 aromatic rings. The van der Waals surface area contributed by atoms with E-state index in [1.807, 2.05) is 24.8 Å². The van der Waals surface area contributed by atoms with Crippen LogP contribution in [0, 0.1) is 5.92 Å². The summed E-state index contributed by atoms with van der Waals surface area (Å²) in [6.45, 7) is 12.4. The highest BCUT2D eigenvalue weighted by Crippen LogP contribution is 2.18. The Bertz CT molecular complexity index is 236. The lowest BCUT2D eigenvalue weighted by atomic mass is 9.96. The molecule has 0 saturated carbocycles. The van der Waals surface area contributed by atoms with E-state index in [2.05, 4.69) is 11.5 Å². The number of amides is 1. The summed E-state index contributed by atoms with van der Waals surface area (Å²) in [7, 11) is 0. The molecule has 16 heavy (non-hydrogen) atoms. The molecule has 1 saturated heterocycles. The molecule has 0 spiro atoms. The van der Waals surface area contributed by atoms with Crippen molar-refractivity contribution < 1.29 is 4.79 Å². The second-order valence-electron chi connectivity index (χ2n) is 4.40. The van der Waals surface area contributed by atoms with Gasteiger partial charge in [-0.2, -0.15) is 0 Å². The van der Waals surface area contributed by atoms with Crippen LogP contribution in [0.5, 0.6) is 0 Å². The second kappa shape index (κ2) is 6.69. The molecule has 0 N–H and O–H groups in total. The van der Waals surface area contributed by atoms with Gasteiger partial charge in [-0.1, -0.05) is 6.08 Å². The highest BCUT2D eigenvalue weighted by atomic mass is 16.2. The molecule has 1 fully saturated rings. The fourth-order valence-electron chi connectivity index (χ4n) is 2.40. The van der Waals surface area contributed by atoms with Crippen molar-refractivity contribution in [1.82, 2.24) is 9.80 Å². The van der Waals surface area contributed by atoms with E-state index < -0.39 is 0 Å². The quantitative estimate of drug-likeness (QED) is 0.664. The Morgan fingerprint density at radius 3 is 2.75 bits per heavy atom. The zero-order chi connectivity index (χ0) is 12.0. The minimum Gasteiger partial charge on any atom is -0.343 e. The summed E-state index contributed by atoms with van der Waals surface area (Å²) in [6, 6.07) is 0. The molecular weight excluding hydrogens is 200 g/mol. The van der Waals surface area contributed by atoms with Crippen molar-refractivity contribution in [3.05, 3.63) is 12.7 Å². The summed E-state index contributed by atoms with van der Waals surface area (Å²) < 4.78 is 0. The van der Waals surface area contributed by atoms with Gasteiger partial charge in [0.05, 0.1) is 5.92 Å². The molecule has 1 aliphatic rings. The van der Waals surface area contributed by atoms with E-state index in [0.29, 0.717) is 5.91 Å². The van der Waals surface area contributed by atoms with Gasteiger partial charge in [-0.3, -0.25) is 9.69 Å². The summed E-state index contributed by atoms with van der Waals surface area (Å²) in [5, 5.41) is 0. The molecule has 1 heterocycles. The van der Waals surface area contributed by atoms with Crippen LogP contribution in [0.1, 0.15) is 26.7 Å². The average Bonchev–Trinajstić information content (AvgIpc) is 2.31. The topological polar surface area (TPSA) is 23.6 Å². The predicted molar refractivity (Wildman–Crippen MR) is 67.3 cm³/mol. The van der Waals surface area contributed by atoms with Gasteiger partial charge in [0.1, 0.15) is 0 Å². The van der Waals surface area contributed by atoms with Crippen LogP contribution >= 0.6 is 0 Å². The summed E-state index contributed by atoms with van der Waals surface area (Å²) in [5.74, 6) is 0.535. The van der Waals surface area contributed by atoms with Crippen molar-refractivity contribution in [2.45, 2.75) is 26.7 Å². The summed E-state index contributed by atoms with van der Waals surface area (Å²) in [6.07, 6.45) is 4.10. The number of hydrogen-bond acceptors (Lipinski definition) is 2. The van der Waals surface area contributed by atoms with Crippen molar-refractivity contribution in [2.24, 2.45) is 5.92 Å². The van der Waals surface area contributed by atoms with Gasteiger partial charge in [-0.05, 0) is 33.2 Å². The maximum atomic E-state index is 12.2. The van der Waals surface area contributed by atoms with Gasteiger partial charge in [0.15, 0.2) is 0 Å². The third-order valence-electron chi connectivity index (χ3n) is 3.32. The molecule has 3 nitrogen and oxygen atoms in total. The number of nitrogens with zero attached hydrogens (tertiary/aromatic N) is 2. The highest BCUT2D eigenvalue weighted by Gasteiger charge is 2.27. The first-order chi connectivity index (χ1) is 7.72. The number of carbonyl (C=O) groups excluding carboxylic acids is 1. The lowest BCUT2D eigenvalue weighted by Crippen LogP contribution is -2.44. The summed E-state index contributed by atoms with van der Waals surface area (Å²) >= 11 is 0. The molecule has 0 aromatic carbocycles. The fraction of sp³-hybridized carbons (Fsp3) is 0.769. The van der Waals surface area contributed by atoms with Gasteiger partial charge in [-0.15, -0.1) is 6.58 Å². The van der Waals surface area contributed by atoms with E-state index in [4.69, 9.17) is 0 Å². The molecule has 0 aliphatic carbocycles. The maximum absolute atomic E-state index is 12.2. The SMILES string of the molecule is C=CCN1CCCC(C(=O)N(CC)CC)C1. The highest BCUT2D eigenvalue weighted by molar-refractivity contribution is 5.79. The van der Waals surface area contributed by atoms with Crippen molar-refractivity contribution in [2.75, 3.05) is 32.7 Å². The van der Waals surface area contributed by atoms with E-state index in [0.717, 1.165) is 45.6 Å². The number of piperidine rings is 1. The number of rotatable bonds is 5. The first-order valence-corrected chi connectivity index (χ1v) is 6.34. The first-order valence-electron chi connectivity index (χ1n) is 6.34. The van der Waals surface area contributed by atoms with Crippen LogP contribution in [0.25, 0.3) is 0 Å². The Balaban J connectivity index is 2.52. The van der Waals surface area contributed by atoms with Crippen LogP contribution in [0.2, 0.25) is 0 Å². The molecule has 1 atom stereocenters.